The fourth-order valence-electron chi connectivity index (χ4n) is 2.80. The van der Waals surface area contributed by atoms with E-state index in [-0.39, 0.29) is 5.69 Å². The summed E-state index contributed by atoms with van der Waals surface area (Å²) in [5.41, 5.74) is 3.77. The van der Waals surface area contributed by atoms with Crippen LogP contribution < -0.4 is 0 Å². The van der Waals surface area contributed by atoms with Gasteiger partial charge in [0, 0.05) is 30.1 Å². The summed E-state index contributed by atoms with van der Waals surface area (Å²) in [6, 6.07) is 14.1. The fraction of sp³-hybridized carbons (Fsp3) is 0.0556. The summed E-state index contributed by atoms with van der Waals surface area (Å²) in [4.78, 5) is 19.6. The van der Waals surface area contributed by atoms with E-state index >= 15 is 0 Å². The van der Waals surface area contributed by atoms with Gasteiger partial charge in [-0.2, -0.15) is 5.10 Å². The second kappa shape index (κ2) is 6.57. The number of nitrogens with zero attached hydrogens (tertiary/aromatic N) is 5. The number of benzene rings is 1. The Morgan fingerprint density at radius 1 is 1.15 bits per heavy atom. The molecular weight excluding hydrogens is 350 g/mol. The second-order valence-electron chi connectivity index (χ2n) is 5.49. The monoisotopic (exact) mass is 363 g/mol. The van der Waals surface area contributed by atoms with Crippen LogP contribution in [0.4, 0.5) is 5.69 Å². The van der Waals surface area contributed by atoms with E-state index in [4.69, 9.17) is 0 Å². The summed E-state index contributed by atoms with van der Waals surface area (Å²) >= 11 is 1.45. The van der Waals surface area contributed by atoms with E-state index in [0.717, 1.165) is 16.8 Å². The predicted octanol–water partition coefficient (Wildman–Crippen LogP) is 4.09. The van der Waals surface area contributed by atoms with E-state index in [1.165, 1.54) is 23.9 Å². The first-order chi connectivity index (χ1) is 12.7. The zero-order valence-corrected chi connectivity index (χ0v) is 14.6. The third-order valence-electron chi connectivity index (χ3n) is 3.94. The van der Waals surface area contributed by atoms with Gasteiger partial charge in [-0.3, -0.25) is 10.1 Å². The zero-order chi connectivity index (χ0) is 18.1. The standard InChI is InChI=1S/C18H13N5O2S/c1-26-18-19-9-8-14(20-18)16-15-7-2-3-10-22(15)21-17(16)12-5-4-6-13(11-12)23(24)25/h2-11H,1H3. The van der Waals surface area contributed by atoms with Gasteiger partial charge in [0.25, 0.3) is 5.69 Å². The predicted molar refractivity (Wildman–Crippen MR) is 100 cm³/mol. The maximum absolute atomic E-state index is 11.2. The highest BCUT2D eigenvalue weighted by Gasteiger charge is 2.19. The number of hydrogen-bond acceptors (Lipinski definition) is 6. The number of thioether (sulfide) groups is 1. The van der Waals surface area contributed by atoms with Crippen molar-refractivity contribution < 1.29 is 4.92 Å². The summed E-state index contributed by atoms with van der Waals surface area (Å²) in [5, 5.41) is 16.4. The van der Waals surface area contributed by atoms with E-state index < -0.39 is 4.92 Å². The van der Waals surface area contributed by atoms with Gasteiger partial charge in [-0.15, -0.1) is 0 Å². The minimum Gasteiger partial charge on any atom is -0.258 e. The summed E-state index contributed by atoms with van der Waals surface area (Å²) in [5.74, 6) is 0. The van der Waals surface area contributed by atoms with Crippen molar-refractivity contribution in [3.8, 4) is 22.5 Å². The van der Waals surface area contributed by atoms with Gasteiger partial charge in [-0.1, -0.05) is 30.0 Å². The average molecular weight is 363 g/mol. The van der Waals surface area contributed by atoms with Crippen molar-refractivity contribution in [3.05, 3.63) is 71.0 Å². The molecule has 0 amide bonds. The van der Waals surface area contributed by atoms with Gasteiger partial charge in [0.2, 0.25) is 0 Å². The van der Waals surface area contributed by atoms with Crippen molar-refractivity contribution in [3.63, 3.8) is 0 Å². The molecule has 0 aliphatic heterocycles. The maximum Gasteiger partial charge on any atom is 0.270 e. The van der Waals surface area contributed by atoms with Crippen LogP contribution in [0.15, 0.2) is 66.1 Å². The average Bonchev–Trinajstić information content (AvgIpc) is 3.07. The lowest BCUT2D eigenvalue weighted by Gasteiger charge is -2.04. The Hall–Kier alpha value is -3.26. The van der Waals surface area contributed by atoms with Gasteiger partial charge in [-0.25, -0.2) is 14.5 Å². The Bertz CT molecular complexity index is 1130. The summed E-state index contributed by atoms with van der Waals surface area (Å²) < 4.78 is 1.75. The van der Waals surface area contributed by atoms with Crippen LogP contribution in [0.1, 0.15) is 0 Å². The number of pyridine rings is 1. The highest BCUT2D eigenvalue weighted by molar-refractivity contribution is 7.98. The van der Waals surface area contributed by atoms with Gasteiger partial charge in [0.1, 0.15) is 5.69 Å². The van der Waals surface area contributed by atoms with Crippen LogP contribution in [0, 0.1) is 10.1 Å². The summed E-state index contributed by atoms with van der Waals surface area (Å²) in [6.07, 6.45) is 5.46. The Morgan fingerprint density at radius 3 is 2.85 bits per heavy atom. The topological polar surface area (TPSA) is 86.2 Å². The molecule has 0 unspecified atom stereocenters. The van der Waals surface area contributed by atoms with Crippen LogP contribution in [0.25, 0.3) is 28.0 Å². The van der Waals surface area contributed by atoms with Gasteiger partial charge >= 0.3 is 0 Å². The van der Waals surface area contributed by atoms with Crippen molar-refractivity contribution in [2.45, 2.75) is 5.16 Å². The van der Waals surface area contributed by atoms with E-state index in [0.29, 0.717) is 16.4 Å². The van der Waals surface area contributed by atoms with Crippen LogP contribution in [-0.2, 0) is 0 Å². The Morgan fingerprint density at radius 2 is 2.04 bits per heavy atom. The first-order valence-corrected chi connectivity index (χ1v) is 8.99. The molecule has 8 heteroatoms. The largest absolute Gasteiger partial charge is 0.270 e. The minimum atomic E-state index is -0.407. The highest BCUT2D eigenvalue weighted by atomic mass is 32.2. The van der Waals surface area contributed by atoms with E-state index in [9.17, 15) is 10.1 Å². The van der Waals surface area contributed by atoms with Crippen molar-refractivity contribution in [2.75, 3.05) is 6.26 Å². The number of aromatic nitrogens is 4. The fourth-order valence-corrected chi connectivity index (χ4v) is 3.15. The SMILES string of the molecule is CSc1nccc(-c2c(-c3cccc([N+](=O)[O-])c3)nn3ccccc23)n1. The van der Waals surface area contributed by atoms with Gasteiger partial charge in [0.15, 0.2) is 5.16 Å². The zero-order valence-electron chi connectivity index (χ0n) is 13.7. The second-order valence-corrected chi connectivity index (χ2v) is 6.26. The third kappa shape index (κ3) is 2.80. The number of nitro groups is 1. The summed E-state index contributed by atoms with van der Waals surface area (Å²) in [6.45, 7) is 0. The molecule has 3 heterocycles. The molecule has 1 aromatic carbocycles. The van der Waals surface area contributed by atoms with Crippen molar-refractivity contribution >= 4 is 23.0 Å². The Kier molecular flexibility index (Phi) is 4.10. The van der Waals surface area contributed by atoms with Gasteiger partial charge < -0.3 is 0 Å². The molecule has 3 aromatic heterocycles. The minimum absolute atomic E-state index is 0.0259. The lowest BCUT2D eigenvalue weighted by Crippen LogP contribution is -1.92. The van der Waals surface area contributed by atoms with E-state index in [1.54, 1.807) is 16.8 Å². The van der Waals surface area contributed by atoms with Crippen LogP contribution in [0.2, 0.25) is 0 Å². The molecule has 0 atom stereocenters. The summed E-state index contributed by atoms with van der Waals surface area (Å²) in [7, 11) is 0. The van der Waals surface area contributed by atoms with Crippen LogP contribution in [-0.4, -0.2) is 30.8 Å². The lowest BCUT2D eigenvalue weighted by molar-refractivity contribution is -0.384. The van der Waals surface area contributed by atoms with Crippen molar-refractivity contribution in [1.82, 2.24) is 19.6 Å². The first kappa shape index (κ1) is 16.2. The van der Waals surface area contributed by atoms with Crippen LogP contribution in [0.5, 0.6) is 0 Å². The number of fused-ring (bicyclic) bond motifs is 1. The molecule has 7 nitrogen and oxygen atoms in total. The van der Waals surface area contributed by atoms with E-state index in [2.05, 4.69) is 15.1 Å². The molecule has 0 bridgehead atoms. The van der Waals surface area contributed by atoms with Crippen LogP contribution in [0.3, 0.4) is 0 Å². The molecule has 4 aromatic rings. The number of rotatable bonds is 4. The number of hydrogen-bond donors (Lipinski definition) is 0. The molecule has 0 N–H and O–H groups in total. The highest BCUT2D eigenvalue weighted by Crippen LogP contribution is 2.35. The molecule has 0 spiro atoms. The Labute approximate surface area is 152 Å². The molecule has 0 radical (unpaired) electrons. The van der Waals surface area contributed by atoms with Crippen molar-refractivity contribution in [2.24, 2.45) is 0 Å². The molecular formula is C18H13N5O2S. The molecule has 0 saturated carbocycles. The molecule has 26 heavy (non-hydrogen) atoms. The normalized spacial score (nSPS) is 11.0. The van der Waals surface area contributed by atoms with Gasteiger partial charge in [-0.05, 0) is 24.5 Å². The Balaban J connectivity index is 2.01. The quantitative estimate of drug-likeness (QED) is 0.235. The number of non-ortho nitro benzene ring substituents is 1. The smallest absolute Gasteiger partial charge is 0.258 e. The molecule has 128 valence electrons. The van der Waals surface area contributed by atoms with Crippen LogP contribution >= 0.6 is 11.8 Å². The maximum atomic E-state index is 11.2. The lowest BCUT2D eigenvalue weighted by atomic mass is 10.0. The number of nitro benzene ring substituents is 1. The van der Waals surface area contributed by atoms with Gasteiger partial charge in [0.05, 0.1) is 21.7 Å². The molecule has 0 fully saturated rings. The molecule has 0 aliphatic rings. The van der Waals surface area contributed by atoms with Crippen molar-refractivity contribution in [1.29, 1.82) is 0 Å². The molecule has 4 rings (SSSR count). The first-order valence-electron chi connectivity index (χ1n) is 7.77. The molecule has 0 saturated heterocycles. The molecule has 0 aliphatic carbocycles. The third-order valence-corrected chi connectivity index (χ3v) is 4.50. The van der Waals surface area contributed by atoms with E-state index in [1.807, 2.05) is 42.8 Å².